The molecule has 0 aliphatic rings. The van der Waals surface area contributed by atoms with E-state index in [0.717, 1.165) is 22.9 Å². The molecule has 0 saturated carbocycles. The minimum absolute atomic E-state index is 0.182. The van der Waals surface area contributed by atoms with Gasteiger partial charge in [-0.1, -0.05) is 27.7 Å². The molecule has 0 atom stereocenters. The number of rotatable bonds is 6. The van der Waals surface area contributed by atoms with Crippen molar-refractivity contribution in [1.82, 2.24) is 9.03 Å². The fourth-order valence-electron chi connectivity index (χ4n) is 3.87. The molecular formula is C18H28N2O2S2. The van der Waals surface area contributed by atoms with Crippen LogP contribution in [-0.4, -0.2) is 33.0 Å². The Labute approximate surface area is 152 Å². The summed E-state index contributed by atoms with van der Waals surface area (Å²) in [5.41, 5.74) is 2.56. The summed E-state index contributed by atoms with van der Waals surface area (Å²) < 4.78 is 3.28. The third kappa shape index (κ3) is 2.81. The van der Waals surface area contributed by atoms with E-state index in [0.29, 0.717) is 11.1 Å². The van der Waals surface area contributed by atoms with Gasteiger partial charge in [0.05, 0.1) is 11.4 Å². The van der Waals surface area contributed by atoms with Crippen molar-refractivity contribution in [1.29, 1.82) is 0 Å². The summed E-state index contributed by atoms with van der Waals surface area (Å²) in [6, 6.07) is 0. The summed E-state index contributed by atoms with van der Waals surface area (Å²) >= 11 is 3.52. The molecule has 134 valence electrons. The molecular weight excluding hydrogens is 340 g/mol. The van der Waals surface area contributed by atoms with Crippen molar-refractivity contribution >= 4 is 23.5 Å². The van der Waals surface area contributed by atoms with Gasteiger partial charge in [0.25, 0.3) is 11.1 Å². The third-order valence-electron chi connectivity index (χ3n) is 4.65. The summed E-state index contributed by atoms with van der Waals surface area (Å²) in [5.74, 6) is 1.78. The van der Waals surface area contributed by atoms with Gasteiger partial charge in [-0.25, -0.2) is 4.52 Å². The largest absolute Gasteiger partial charge is 0.277 e. The second-order valence-electron chi connectivity index (χ2n) is 7.81. The Kier molecular flexibility index (Phi) is 5.22. The zero-order valence-corrected chi connectivity index (χ0v) is 17.6. The van der Waals surface area contributed by atoms with E-state index in [9.17, 15) is 9.59 Å². The molecule has 2 aromatic heterocycles. The van der Waals surface area contributed by atoms with Crippen LogP contribution in [-0.2, 0) is 10.8 Å². The van der Waals surface area contributed by atoms with Crippen LogP contribution in [0, 0.1) is 13.8 Å². The lowest BCUT2D eigenvalue weighted by atomic mass is 9.86. The maximum Gasteiger partial charge on any atom is 0.277 e. The highest BCUT2D eigenvalue weighted by Gasteiger charge is 2.36. The average molecular weight is 369 g/mol. The van der Waals surface area contributed by atoms with Crippen molar-refractivity contribution in [3.63, 3.8) is 0 Å². The monoisotopic (exact) mass is 368 g/mol. The molecule has 0 radical (unpaired) electrons. The summed E-state index contributed by atoms with van der Waals surface area (Å²) in [6.07, 6.45) is 4.14. The molecule has 6 heteroatoms. The van der Waals surface area contributed by atoms with Crippen molar-refractivity contribution in [3.05, 3.63) is 43.2 Å². The normalized spacial score (nSPS) is 13.2. The predicted molar refractivity (Wildman–Crippen MR) is 107 cm³/mol. The lowest BCUT2D eigenvalue weighted by molar-refractivity contribution is 0.505. The van der Waals surface area contributed by atoms with Gasteiger partial charge in [-0.3, -0.25) is 9.59 Å². The van der Waals surface area contributed by atoms with Crippen LogP contribution in [0.2, 0.25) is 0 Å². The Hall–Kier alpha value is -0.880. The van der Waals surface area contributed by atoms with Gasteiger partial charge in [0.15, 0.2) is 0 Å². The van der Waals surface area contributed by atoms with Gasteiger partial charge in [0.1, 0.15) is 0 Å². The summed E-state index contributed by atoms with van der Waals surface area (Å²) in [4.78, 5) is 25.6. The van der Waals surface area contributed by atoms with Gasteiger partial charge in [-0.05, 0) is 26.4 Å². The first-order valence-electron chi connectivity index (χ1n) is 8.10. The fraction of sp³-hybridized carbons (Fsp3) is 0.667. The van der Waals surface area contributed by atoms with Gasteiger partial charge in [-0.2, -0.15) is 28.0 Å². The Morgan fingerprint density at radius 3 is 1.38 bits per heavy atom. The van der Waals surface area contributed by atoms with Crippen LogP contribution >= 0.6 is 23.5 Å². The molecule has 0 bridgehead atoms. The van der Waals surface area contributed by atoms with Crippen LogP contribution in [0.3, 0.4) is 0 Å². The van der Waals surface area contributed by atoms with Crippen LogP contribution in [0.4, 0.5) is 0 Å². The maximum atomic E-state index is 12.8. The van der Waals surface area contributed by atoms with Crippen LogP contribution in [0.5, 0.6) is 0 Å². The van der Waals surface area contributed by atoms with E-state index in [1.165, 1.54) is 4.52 Å². The number of hydrogen-bond acceptors (Lipinski definition) is 4. The van der Waals surface area contributed by atoms with Crippen molar-refractivity contribution < 1.29 is 0 Å². The smallest absolute Gasteiger partial charge is 0.267 e. The quantitative estimate of drug-likeness (QED) is 0.786. The molecule has 24 heavy (non-hydrogen) atoms. The molecule has 0 aliphatic carbocycles. The second kappa shape index (κ2) is 6.45. The first-order chi connectivity index (χ1) is 11.0. The van der Waals surface area contributed by atoms with E-state index >= 15 is 0 Å². The van der Waals surface area contributed by atoms with Gasteiger partial charge in [0.2, 0.25) is 0 Å². The van der Waals surface area contributed by atoms with Crippen LogP contribution in [0.15, 0.2) is 9.59 Å². The Bertz CT molecular complexity index is 795. The molecule has 0 saturated heterocycles. The molecule has 4 nitrogen and oxygen atoms in total. The second-order valence-corrected chi connectivity index (χ2v) is 9.55. The van der Waals surface area contributed by atoms with Crippen molar-refractivity contribution in [2.75, 3.05) is 24.0 Å². The fourth-order valence-corrected chi connectivity index (χ4v) is 5.59. The van der Waals surface area contributed by atoms with E-state index in [1.54, 1.807) is 23.5 Å². The third-order valence-corrected chi connectivity index (χ3v) is 6.67. The number of hydrogen-bond donors (Lipinski definition) is 0. The lowest BCUT2D eigenvalue weighted by Crippen LogP contribution is -2.29. The van der Waals surface area contributed by atoms with Gasteiger partial charge in [-0.15, -0.1) is 0 Å². The summed E-state index contributed by atoms with van der Waals surface area (Å²) in [6.45, 7) is 12.3. The van der Waals surface area contributed by atoms with Crippen molar-refractivity contribution in [3.8, 4) is 0 Å². The summed E-state index contributed by atoms with van der Waals surface area (Å²) in [5, 5.41) is 0. The highest BCUT2D eigenvalue weighted by molar-refractivity contribution is 7.98. The van der Waals surface area contributed by atoms with E-state index in [-0.39, 0.29) is 21.9 Å². The molecule has 0 spiro atoms. The molecule has 0 amide bonds. The van der Waals surface area contributed by atoms with Gasteiger partial charge < -0.3 is 0 Å². The van der Waals surface area contributed by atoms with E-state index in [4.69, 9.17) is 0 Å². The van der Waals surface area contributed by atoms with Crippen molar-refractivity contribution in [2.45, 2.75) is 52.4 Å². The van der Waals surface area contributed by atoms with Crippen LogP contribution < -0.4 is 11.1 Å². The van der Waals surface area contributed by atoms with Gasteiger partial charge >= 0.3 is 0 Å². The first-order valence-corrected chi connectivity index (χ1v) is 10.9. The Balaban J connectivity index is 3.01. The minimum atomic E-state index is -0.195. The van der Waals surface area contributed by atoms with E-state index in [1.807, 2.05) is 18.4 Å². The predicted octanol–water partition coefficient (Wildman–Crippen LogP) is 3.10. The minimum Gasteiger partial charge on any atom is -0.267 e. The highest BCUT2D eigenvalue weighted by Crippen LogP contribution is 2.33. The molecule has 0 aliphatic heterocycles. The topological polar surface area (TPSA) is 43.0 Å². The Morgan fingerprint density at radius 2 is 1.08 bits per heavy atom. The molecule has 2 heterocycles. The molecule has 2 aromatic rings. The Morgan fingerprint density at radius 1 is 0.750 bits per heavy atom. The highest BCUT2D eigenvalue weighted by atomic mass is 32.2. The van der Waals surface area contributed by atoms with Crippen LogP contribution in [0.1, 0.15) is 50.2 Å². The summed E-state index contributed by atoms with van der Waals surface area (Å²) in [7, 11) is 0. The zero-order valence-electron chi connectivity index (χ0n) is 15.9. The molecule has 2 rings (SSSR count). The number of aromatic nitrogens is 2. The standard InChI is InChI=1S/C18H28N2O2S2/c1-11-13(17(3,4)9-23-7)19-14(18(5,6)10-24-8)12(2)16(22)20(19)15(11)21/h9-10H2,1-8H3. The SMILES string of the molecule is CSCC(C)(C)c1c(C)c(=O)n2c(=O)c(C)c(C(C)(C)CSC)n12. The number of fused-ring (bicyclic) bond motifs is 1. The first kappa shape index (κ1) is 19.4. The average Bonchev–Trinajstić information content (AvgIpc) is 2.84. The number of thioether (sulfide) groups is 2. The molecule has 0 N–H and O–H groups in total. The van der Waals surface area contributed by atoms with E-state index < -0.39 is 0 Å². The zero-order chi connectivity index (χ0) is 18.4. The van der Waals surface area contributed by atoms with Gasteiger partial charge in [0, 0.05) is 33.5 Å². The maximum absolute atomic E-state index is 12.8. The van der Waals surface area contributed by atoms with Crippen LogP contribution in [0.25, 0.3) is 0 Å². The molecule has 0 fully saturated rings. The van der Waals surface area contributed by atoms with Crippen molar-refractivity contribution in [2.24, 2.45) is 0 Å². The molecule has 0 unspecified atom stereocenters. The number of nitrogens with zero attached hydrogens (tertiary/aromatic N) is 2. The van der Waals surface area contributed by atoms with E-state index in [2.05, 4.69) is 40.2 Å². The lowest BCUT2D eigenvalue weighted by Gasteiger charge is -2.29. The molecule has 0 aromatic carbocycles.